The fraction of sp³-hybridized carbons (Fsp3) is 0.423. The largest absolute Gasteiger partial charge is 0.407 e. The van der Waals surface area contributed by atoms with E-state index in [1.165, 1.54) is 6.92 Å². The number of amides is 2. The quantitative estimate of drug-likeness (QED) is 0.223. The SMILES string of the molecule is CCC(NC(=O)C(CS(=O)(=O)c1cccc(S(C)(=O)=O)c1)N[C@@H](c1ccc(F)cc1)C(F)(F)F)C(=O)C(=O)NC1CC1. The first-order chi connectivity index (χ1) is 19.4. The normalized spacial score (nSPS) is 16.2. The van der Waals surface area contributed by atoms with Gasteiger partial charge in [-0.25, -0.2) is 21.2 Å². The second kappa shape index (κ2) is 12.9. The third-order valence-corrected chi connectivity index (χ3v) is 9.23. The molecule has 16 heteroatoms. The highest BCUT2D eigenvalue weighted by atomic mass is 32.2. The molecule has 3 rings (SSSR count). The summed E-state index contributed by atoms with van der Waals surface area (Å²) in [6.45, 7) is 1.43. The van der Waals surface area contributed by atoms with E-state index in [1.54, 1.807) is 0 Å². The monoisotopic (exact) mass is 635 g/mol. The van der Waals surface area contributed by atoms with E-state index < -0.39 is 83.6 Å². The number of nitrogens with one attached hydrogen (secondary N) is 3. The van der Waals surface area contributed by atoms with Gasteiger partial charge >= 0.3 is 6.18 Å². The molecule has 0 radical (unpaired) electrons. The van der Waals surface area contributed by atoms with E-state index >= 15 is 0 Å². The number of ketones is 1. The van der Waals surface area contributed by atoms with Crippen molar-refractivity contribution in [2.45, 2.75) is 66.3 Å². The van der Waals surface area contributed by atoms with Crippen LogP contribution in [-0.4, -0.2) is 70.7 Å². The van der Waals surface area contributed by atoms with Crippen LogP contribution in [0.15, 0.2) is 58.3 Å². The summed E-state index contributed by atoms with van der Waals surface area (Å²) in [6.07, 6.45) is -3.09. The molecule has 42 heavy (non-hydrogen) atoms. The van der Waals surface area contributed by atoms with Gasteiger partial charge < -0.3 is 10.6 Å². The molecular formula is C26H29F4N3O7S2. The molecule has 1 aliphatic rings. The molecule has 230 valence electrons. The number of Topliss-reactive ketones (excluding diaryl/α,β-unsaturated/α-hetero) is 1. The lowest BCUT2D eigenvalue weighted by Crippen LogP contribution is -2.56. The van der Waals surface area contributed by atoms with Crippen molar-refractivity contribution >= 4 is 37.3 Å². The van der Waals surface area contributed by atoms with Gasteiger partial charge in [0, 0.05) is 12.3 Å². The van der Waals surface area contributed by atoms with Crippen LogP contribution in [0.5, 0.6) is 0 Å². The summed E-state index contributed by atoms with van der Waals surface area (Å²) in [7, 11) is -8.50. The molecule has 1 saturated carbocycles. The van der Waals surface area contributed by atoms with Crippen LogP contribution in [0.2, 0.25) is 0 Å². The molecule has 0 bridgehead atoms. The van der Waals surface area contributed by atoms with Crippen molar-refractivity contribution in [2.75, 3.05) is 12.0 Å². The van der Waals surface area contributed by atoms with Crippen molar-refractivity contribution in [3.05, 3.63) is 59.9 Å². The van der Waals surface area contributed by atoms with Crippen LogP contribution in [0, 0.1) is 5.82 Å². The van der Waals surface area contributed by atoms with E-state index in [0.717, 1.165) is 54.8 Å². The van der Waals surface area contributed by atoms with Crippen molar-refractivity contribution < 1.29 is 48.8 Å². The summed E-state index contributed by atoms with van der Waals surface area (Å²) in [5.74, 6) is -5.53. The van der Waals surface area contributed by atoms with Crippen LogP contribution in [-0.2, 0) is 34.1 Å². The lowest BCUT2D eigenvalue weighted by atomic mass is 10.0. The maximum absolute atomic E-state index is 14.1. The molecule has 2 aromatic carbocycles. The van der Waals surface area contributed by atoms with Gasteiger partial charge in [-0.3, -0.25) is 19.7 Å². The molecule has 2 amide bonds. The standard InChI is InChI=1S/C26H29F4N3O7S2/c1-3-20(22(34)25(36)31-17-11-12-17)33-24(35)21(32-23(26(28,29)30)15-7-9-16(27)10-8-15)14-42(39,40)19-6-4-5-18(13-19)41(2,37)38/h4-10,13,17,20-21,23,32H,3,11-12,14H2,1-2H3,(H,31,36)(H,33,35)/t20?,21?,23-/m0/s1. The van der Waals surface area contributed by atoms with Crippen LogP contribution in [0.25, 0.3) is 0 Å². The number of carbonyl (C=O) groups excluding carboxylic acids is 3. The van der Waals surface area contributed by atoms with Gasteiger partial charge in [-0.15, -0.1) is 0 Å². The first kappa shape index (κ1) is 33.1. The lowest BCUT2D eigenvalue weighted by molar-refractivity contribution is -0.160. The summed E-state index contributed by atoms with van der Waals surface area (Å²) in [4.78, 5) is 37.2. The highest BCUT2D eigenvalue weighted by Gasteiger charge is 2.44. The Morgan fingerprint density at radius 1 is 0.952 bits per heavy atom. The molecule has 0 heterocycles. The molecule has 1 fully saturated rings. The van der Waals surface area contributed by atoms with Crippen LogP contribution in [0.3, 0.4) is 0 Å². The maximum atomic E-state index is 14.1. The third kappa shape index (κ3) is 8.82. The number of sulfone groups is 2. The van der Waals surface area contributed by atoms with Gasteiger partial charge in [-0.2, -0.15) is 13.2 Å². The van der Waals surface area contributed by atoms with Gasteiger partial charge in [0.2, 0.25) is 11.7 Å². The lowest BCUT2D eigenvalue weighted by Gasteiger charge is -2.28. The van der Waals surface area contributed by atoms with E-state index in [2.05, 4.69) is 10.6 Å². The molecule has 1 aliphatic carbocycles. The Bertz CT molecular complexity index is 1540. The summed E-state index contributed by atoms with van der Waals surface area (Å²) in [5.41, 5.74) is -0.537. The molecule has 3 atom stereocenters. The van der Waals surface area contributed by atoms with E-state index in [4.69, 9.17) is 0 Å². The van der Waals surface area contributed by atoms with E-state index in [-0.39, 0.29) is 17.4 Å². The summed E-state index contributed by atoms with van der Waals surface area (Å²) >= 11 is 0. The summed E-state index contributed by atoms with van der Waals surface area (Å²) in [5, 5.41) is 6.59. The zero-order valence-corrected chi connectivity index (χ0v) is 24.1. The smallest absolute Gasteiger partial charge is 0.347 e. The van der Waals surface area contributed by atoms with Gasteiger partial charge in [0.15, 0.2) is 19.7 Å². The molecular weight excluding hydrogens is 606 g/mol. The van der Waals surface area contributed by atoms with Gasteiger partial charge in [-0.1, -0.05) is 25.1 Å². The molecule has 0 aliphatic heterocycles. The minimum absolute atomic E-state index is 0.140. The van der Waals surface area contributed by atoms with E-state index in [9.17, 15) is 48.8 Å². The fourth-order valence-electron chi connectivity index (χ4n) is 3.92. The Labute approximate surface area is 240 Å². The van der Waals surface area contributed by atoms with Gasteiger partial charge in [0.05, 0.1) is 21.6 Å². The topological polar surface area (TPSA) is 156 Å². The number of carbonyl (C=O) groups is 3. The maximum Gasteiger partial charge on any atom is 0.407 e. The minimum atomic E-state index is -5.10. The second-order valence-electron chi connectivity index (χ2n) is 9.86. The number of benzene rings is 2. The average molecular weight is 636 g/mol. The first-order valence-corrected chi connectivity index (χ1v) is 16.2. The van der Waals surface area contributed by atoms with Crippen molar-refractivity contribution in [1.82, 2.24) is 16.0 Å². The molecule has 2 unspecified atom stereocenters. The Kier molecular flexibility index (Phi) is 10.2. The first-order valence-electron chi connectivity index (χ1n) is 12.7. The Morgan fingerprint density at radius 3 is 2.07 bits per heavy atom. The zero-order valence-electron chi connectivity index (χ0n) is 22.4. The van der Waals surface area contributed by atoms with Crippen molar-refractivity contribution in [3.8, 4) is 0 Å². The number of halogens is 4. The Balaban J connectivity index is 1.98. The number of hydrogen-bond donors (Lipinski definition) is 3. The zero-order chi connectivity index (χ0) is 31.5. The molecule has 10 nitrogen and oxygen atoms in total. The highest BCUT2D eigenvalue weighted by Crippen LogP contribution is 2.33. The Morgan fingerprint density at radius 2 is 1.55 bits per heavy atom. The van der Waals surface area contributed by atoms with Gasteiger partial charge in [0.25, 0.3) is 5.91 Å². The molecule has 0 aromatic heterocycles. The van der Waals surface area contributed by atoms with Gasteiger partial charge in [-0.05, 0) is 55.2 Å². The number of alkyl halides is 3. The molecule has 0 spiro atoms. The van der Waals surface area contributed by atoms with Gasteiger partial charge in [0.1, 0.15) is 17.9 Å². The predicted octanol–water partition coefficient (Wildman–Crippen LogP) is 2.01. The minimum Gasteiger partial charge on any atom is -0.347 e. The van der Waals surface area contributed by atoms with Crippen LogP contribution in [0.1, 0.15) is 37.8 Å². The van der Waals surface area contributed by atoms with E-state index in [0.29, 0.717) is 12.8 Å². The van der Waals surface area contributed by atoms with E-state index in [1.807, 2.05) is 5.32 Å². The third-order valence-electron chi connectivity index (χ3n) is 6.37. The summed E-state index contributed by atoms with van der Waals surface area (Å²) < 4.78 is 106. The molecule has 3 N–H and O–H groups in total. The van der Waals surface area contributed by atoms with Crippen molar-refractivity contribution in [2.24, 2.45) is 0 Å². The van der Waals surface area contributed by atoms with Crippen LogP contribution in [0.4, 0.5) is 17.6 Å². The van der Waals surface area contributed by atoms with Crippen LogP contribution >= 0.6 is 0 Å². The highest BCUT2D eigenvalue weighted by molar-refractivity contribution is 7.92. The molecule has 2 aromatic rings. The Hall–Kier alpha value is -3.37. The van der Waals surface area contributed by atoms with Crippen molar-refractivity contribution in [1.29, 1.82) is 0 Å². The predicted molar refractivity (Wildman–Crippen MR) is 142 cm³/mol. The number of hydrogen-bond acceptors (Lipinski definition) is 8. The second-order valence-corrected chi connectivity index (χ2v) is 13.9. The van der Waals surface area contributed by atoms with Crippen molar-refractivity contribution in [3.63, 3.8) is 0 Å². The van der Waals surface area contributed by atoms with Crippen LogP contribution < -0.4 is 16.0 Å². The fourth-order valence-corrected chi connectivity index (χ4v) is 6.13. The average Bonchev–Trinajstić information content (AvgIpc) is 3.72. The number of rotatable bonds is 13. The summed E-state index contributed by atoms with van der Waals surface area (Å²) in [6, 6.07) is 0.685. The molecule has 0 saturated heterocycles.